The monoisotopic (exact) mass is 126 g/mol. The van der Waals surface area contributed by atoms with E-state index in [-0.39, 0.29) is 6.61 Å². The largest absolute Gasteiger partial charge is 0.469 e. The molecular formula is C7H10O2. The highest BCUT2D eigenvalue weighted by Gasteiger charge is 1.91. The Labute approximate surface area is 54.1 Å². The van der Waals surface area contributed by atoms with E-state index in [0.717, 1.165) is 18.6 Å². The molecule has 0 aliphatic heterocycles. The third-order valence-corrected chi connectivity index (χ3v) is 1.16. The van der Waals surface area contributed by atoms with Gasteiger partial charge in [-0.1, -0.05) is 0 Å². The van der Waals surface area contributed by atoms with Gasteiger partial charge in [-0.15, -0.1) is 0 Å². The van der Waals surface area contributed by atoms with Gasteiger partial charge in [0.1, 0.15) is 5.76 Å². The summed E-state index contributed by atoms with van der Waals surface area (Å²) in [6.45, 7) is 0.237. The highest BCUT2D eigenvalue weighted by atomic mass is 16.3. The van der Waals surface area contributed by atoms with Crippen molar-refractivity contribution in [2.75, 3.05) is 6.61 Å². The number of hydrogen-bond acceptors (Lipinski definition) is 2. The fourth-order valence-electron chi connectivity index (χ4n) is 0.708. The minimum atomic E-state index is 0.237. The van der Waals surface area contributed by atoms with Gasteiger partial charge in [-0.25, -0.2) is 0 Å². The van der Waals surface area contributed by atoms with Crippen molar-refractivity contribution in [3.63, 3.8) is 0 Å². The molecule has 0 saturated carbocycles. The summed E-state index contributed by atoms with van der Waals surface area (Å²) in [5, 5.41) is 8.42. The molecule has 0 amide bonds. The normalized spacial score (nSPS) is 9.89. The first-order valence-corrected chi connectivity index (χ1v) is 3.06. The highest BCUT2D eigenvalue weighted by molar-refractivity contribution is 4.97. The molecule has 0 aromatic carbocycles. The molecule has 1 aromatic rings. The SMILES string of the molecule is OCCCc1ccco1. The van der Waals surface area contributed by atoms with Crippen LogP contribution >= 0.6 is 0 Å². The van der Waals surface area contributed by atoms with Crippen LogP contribution in [0.1, 0.15) is 12.2 Å². The van der Waals surface area contributed by atoms with E-state index in [1.54, 1.807) is 6.26 Å². The standard InChI is InChI=1S/C7H10O2/c8-5-1-3-7-4-2-6-9-7/h2,4,6,8H,1,3,5H2. The minimum absolute atomic E-state index is 0.237. The molecule has 2 nitrogen and oxygen atoms in total. The van der Waals surface area contributed by atoms with Crippen LogP contribution in [0.25, 0.3) is 0 Å². The molecule has 1 aromatic heterocycles. The first-order valence-electron chi connectivity index (χ1n) is 3.06. The molecule has 1 N–H and O–H groups in total. The second-order valence-corrected chi connectivity index (χ2v) is 1.91. The number of rotatable bonds is 3. The molecule has 0 fully saturated rings. The Hall–Kier alpha value is -0.760. The lowest BCUT2D eigenvalue weighted by atomic mass is 10.3. The molecule has 0 unspecified atom stereocenters. The van der Waals surface area contributed by atoms with Crippen LogP contribution in [0.4, 0.5) is 0 Å². The fourth-order valence-corrected chi connectivity index (χ4v) is 0.708. The zero-order valence-corrected chi connectivity index (χ0v) is 5.21. The van der Waals surface area contributed by atoms with Gasteiger partial charge in [0.25, 0.3) is 0 Å². The summed E-state index contributed by atoms with van der Waals surface area (Å²) in [4.78, 5) is 0. The average Bonchev–Trinajstić information content (AvgIpc) is 2.34. The zero-order chi connectivity index (χ0) is 6.53. The van der Waals surface area contributed by atoms with Crippen LogP contribution in [0, 0.1) is 0 Å². The Morgan fingerprint density at radius 1 is 1.56 bits per heavy atom. The fraction of sp³-hybridized carbons (Fsp3) is 0.429. The van der Waals surface area contributed by atoms with E-state index in [1.165, 1.54) is 0 Å². The Kier molecular flexibility index (Phi) is 2.33. The van der Waals surface area contributed by atoms with Crippen LogP contribution in [0.15, 0.2) is 22.8 Å². The van der Waals surface area contributed by atoms with Crippen molar-refractivity contribution < 1.29 is 9.52 Å². The van der Waals surface area contributed by atoms with E-state index in [1.807, 2.05) is 12.1 Å². The lowest BCUT2D eigenvalue weighted by Gasteiger charge is -1.89. The molecular weight excluding hydrogens is 116 g/mol. The number of aryl methyl sites for hydroxylation is 1. The number of aliphatic hydroxyl groups is 1. The van der Waals surface area contributed by atoms with Gasteiger partial charge in [0.15, 0.2) is 0 Å². The second-order valence-electron chi connectivity index (χ2n) is 1.91. The molecule has 0 bridgehead atoms. The molecule has 0 aliphatic rings. The van der Waals surface area contributed by atoms with Gasteiger partial charge in [-0.05, 0) is 18.6 Å². The van der Waals surface area contributed by atoms with Gasteiger partial charge >= 0.3 is 0 Å². The Morgan fingerprint density at radius 3 is 3.00 bits per heavy atom. The van der Waals surface area contributed by atoms with Gasteiger partial charge in [-0.2, -0.15) is 0 Å². The minimum Gasteiger partial charge on any atom is -0.469 e. The van der Waals surface area contributed by atoms with Crippen molar-refractivity contribution in [2.45, 2.75) is 12.8 Å². The predicted octanol–water partition coefficient (Wildman–Crippen LogP) is 1.20. The van der Waals surface area contributed by atoms with Crippen LogP contribution in [0.5, 0.6) is 0 Å². The second kappa shape index (κ2) is 3.30. The van der Waals surface area contributed by atoms with E-state index in [0.29, 0.717) is 0 Å². The van der Waals surface area contributed by atoms with E-state index in [2.05, 4.69) is 0 Å². The van der Waals surface area contributed by atoms with Crippen molar-refractivity contribution in [3.8, 4) is 0 Å². The van der Waals surface area contributed by atoms with Gasteiger partial charge in [0, 0.05) is 13.0 Å². The summed E-state index contributed by atoms with van der Waals surface area (Å²) in [7, 11) is 0. The molecule has 0 radical (unpaired) electrons. The third-order valence-electron chi connectivity index (χ3n) is 1.16. The Bertz CT molecular complexity index is 144. The average molecular weight is 126 g/mol. The molecule has 50 valence electrons. The molecule has 0 aliphatic carbocycles. The summed E-state index contributed by atoms with van der Waals surface area (Å²) < 4.78 is 5.02. The summed E-state index contributed by atoms with van der Waals surface area (Å²) in [6.07, 6.45) is 3.27. The van der Waals surface area contributed by atoms with Crippen molar-refractivity contribution in [3.05, 3.63) is 24.2 Å². The van der Waals surface area contributed by atoms with Crippen LogP contribution in [0.3, 0.4) is 0 Å². The van der Waals surface area contributed by atoms with Crippen LogP contribution in [-0.4, -0.2) is 11.7 Å². The lowest BCUT2D eigenvalue weighted by Crippen LogP contribution is -1.85. The third kappa shape index (κ3) is 1.90. The molecule has 0 atom stereocenters. The quantitative estimate of drug-likeness (QED) is 0.660. The summed E-state index contributed by atoms with van der Waals surface area (Å²) in [5.74, 6) is 0.948. The van der Waals surface area contributed by atoms with Crippen molar-refractivity contribution in [1.29, 1.82) is 0 Å². The molecule has 1 rings (SSSR count). The van der Waals surface area contributed by atoms with E-state index in [4.69, 9.17) is 9.52 Å². The first kappa shape index (κ1) is 6.36. The van der Waals surface area contributed by atoms with Crippen LogP contribution in [0.2, 0.25) is 0 Å². The van der Waals surface area contributed by atoms with Gasteiger partial charge in [0.2, 0.25) is 0 Å². The van der Waals surface area contributed by atoms with Crippen LogP contribution < -0.4 is 0 Å². The number of hydrogen-bond donors (Lipinski definition) is 1. The maximum absolute atomic E-state index is 8.42. The van der Waals surface area contributed by atoms with Crippen molar-refractivity contribution >= 4 is 0 Å². The maximum Gasteiger partial charge on any atom is 0.103 e. The number of furan rings is 1. The van der Waals surface area contributed by atoms with Crippen molar-refractivity contribution in [2.24, 2.45) is 0 Å². The first-order chi connectivity index (χ1) is 4.43. The number of aliphatic hydroxyl groups excluding tert-OH is 1. The zero-order valence-electron chi connectivity index (χ0n) is 5.21. The molecule has 9 heavy (non-hydrogen) atoms. The lowest BCUT2D eigenvalue weighted by molar-refractivity contribution is 0.284. The highest BCUT2D eigenvalue weighted by Crippen LogP contribution is 2.01. The summed E-state index contributed by atoms with van der Waals surface area (Å²) >= 11 is 0. The summed E-state index contributed by atoms with van der Waals surface area (Å²) in [5.41, 5.74) is 0. The molecule has 1 heterocycles. The van der Waals surface area contributed by atoms with Crippen LogP contribution in [-0.2, 0) is 6.42 Å². The summed E-state index contributed by atoms with van der Waals surface area (Å²) in [6, 6.07) is 3.77. The van der Waals surface area contributed by atoms with E-state index >= 15 is 0 Å². The smallest absolute Gasteiger partial charge is 0.103 e. The maximum atomic E-state index is 8.42. The molecule has 0 spiro atoms. The van der Waals surface area contributed by atoms with E-state index in [9.17, 15) is 0 Å². The Balaban J connectivity index is 2.30. The molecule has 0 saturated heterocycles. The predicted molar refractivity (Wildman–Crippen MR) is 34.1 cm³/mol. The Morgan fingerprint density at radius 2 is 2.44 bits per heavy atom. The van der Waals surface area contributed by atoms with Gasteiger partial charge < -0.3 is 9.52 Å². The van der Waals surface area contributed by atoms with E-state index < -0.39 is 0 Å². The topological polar surface area (TPSA) is 33.4 Å². The molecule has 2 heteroatoms. The van der Waals surface area contributed by atoms with Gasteiger partial charge in [0.05, 0.1) is 6.26 Å². The van der Waals surface area contributed by atoms with Gasteiger partial charge in [-0.3, -0.25) is 0 Å². The van der Waals surface area contributed by atoms with Crippen molar-refractivity contribution in [1.82, 2.24) is 0 Å².